The first-order valence-corrected chi connectivity index (χ1v) is 10.2. The zero-order valence-electron chi connectivity index (χ0n) is 16.6. The van der Waals surface area contributed by atoms with Crippen LogP contribution in [0.25, 0.3) is 0 Å². The number of nitrogens with zero attached hydrogens (tertiary/aromatic N) is 1. The fraction of sp³-hybridized carbons (Fsp3) is 0.136. The molecule has 1 heterocycles. The highest BCUT2D eigenvalue weighted by molar-refractivity contribution is 7.99. The van der Waals surface area contributed by atoms with Gasteiger partial charge < -0.3 is 16.0 Å². The van der Waals surface area contributed by atoms with Crippen LogP contribution in [0.5, 0.6) is 0 Å². The van der Waals surface area contributed by atoms with E-state index in [1.165, 1.54) is 18.3 Å². The van der Waals surface area contributed by atoms with E-state index >= 15 is 0 Å². The second-order valence-corrected chi connectivity index (χ2v) is 7.55. The molecular weight excluding hydrogens is 422 g/mol. The normalized spacial score (nSPS) is 10.6. The molecule has 0 saturated carbocycles. The van der Waals surface area contributed by atoms with Gasteiger partial charge in [-0.25, -0.2) is 9.78 Å². The van der Waals surface area contributed by atoms with E-state index in [0.29, 0.717) is 11.4 Å². The van der Waals surface area contributed by atoms with E-state index in [-0.39, 0.29) is 28.9 Å². The van der Waals surface area contributed by atoms with Crippen LogP contribution in [-0.4, -0.2) is 22.7 Å². The molecular formula is C22H20F2N4O2S. The monoisotopic (exact) mass is 442 g/mol. The molecule has 0 radical (unpaired) electrons. The van der Waals surface area contributed by atoms with E-state index in [0.717, 1.165) is 11.1 Å². The average Bonchev–Trinajstić information content (AvgIpc) is 2.72. The highest BCUT2D eigenvalue weighted by atomic mass is 32.2. The van der Waals surface area contributed by atoms with Gasteiger partial charge in [-0.3, -0.25) is 4.79 Å². The molecule has 2 aromatic carbocycles. The maximum atomic E-state index is 12.7. The number of alkyl halides is 2. The summed E-state index contributed by atoms with van der Waals surface area (Å²) in [6.07, 6.45) is 1.36. The number of hydrogen-bond donors (Lipinski definition) is 3. The van der Waals surface area contributed by atoms with Gasteiger partial charge in [-0.1, -0.05) is 24.3 Å². The molecule has 6 nitrogen and oxygen atoms in total. The smallest absolute Gasteiger partial charge is 0.323 e. The number of carbonyl (C=O) groups is 2. The third-order valence-corrected chi connectivity index (χ3v) is 4.86. The summed E-state index contributed by atoms with van der Waals surface area (Å²) in [6, 6.07) is 17.0. The van der Waals surface area contributed by atoms with Gasteiger partial charge >= 0.3 is 6.03 Å². The summed E-state index contributed by atoms with van der Waals surface area (Å²) in [6.45, 7) is 2.09. The number of urea groups is 1. The Hall–Kier alpha value is -3.46. The molecule has 0 spiro atoms. The molecule has 0 aliphatic carbocycles. The van der Waals surface area contributed by atoms with Crippen molar-refractivity contribution in [2.45, 2.75) is 24.3 Å². The van der Waals surface area contributed by atoms with Crippen molar-refractivity contribution in [3.63, 3.8) is 0 Å². The van der Waals surface area contributed by atoms with E-state index < -0.39 is 17.7 Å². The van der Waals surface area contributed by atoms with Crippen LogP contribution in [0.1, 0.15) is 21.5 Å². The van der Waals surface area contributed by atoms with Crippen LogP contribution in [0.15, 0.2) is 71.9 Å². The highest BCUT2D eigenvalue weighted by Gasteiger charge is 2.16. The SMILES string of the molecule is Cc1cccc(NC(=O)Nc2cccc(CNC(=O)c3cccnc3SC(F)F)c2)c1. The third kappa shape index (κ3) is 6.78. The van der Waals surface area contributed by atoms with Crippen molar-refractivity contribution in [2.24, 2.45) is 0 Å². The molecule has 0 atom stereocenters. The topological polar surface area (TPSA) is 83.1 Å². The number of halogens is 2. The number of carbonyl (C=O) groups excluding carboxylic acids is 2. The highest BCUT2D eigenvalue weighted by Crippen LogP contribution is 2.26. The van der Waals surface area contributed by atoms with Crippen LogP contribution in [0, 0.1) is 6.92 Å². The van der Waals surface area contributed by atoms with Gasteiger partial charge in [0.15, 0.2) is 0 Å². The first-order chi connectivity index (χ1) is 14.9. The van der Waals surface area contributed by atoms with Crippen molar-refractivity contribution in [3.05, 3.63) is 83.6 Å². The molecule has 3 N–H and O–H groups in total. The predicted molar refractivity (Wildman–Crippen MR) is 118 cm³/mol. The number of anilines is 2. The number of hydrogen-bond acceptors (Lipinski definition) is 4. The van der Waals surface area contributed by atoms with E-state index in [1.807, 2.05) is 25.1 Å². The van der Waals surface area contributed by atoms with Gasteiger partial charge in [-0.2, -0.15) is 8.78 Å². The second-order valence-electron chi connectivity index (χ2n) is 6.57. The van der Waals surface area contributed by atoms with Crippen molar-refractivity contribution in [2.75, 3.05) is 10.6 Å². The maximum absolute atomic E-state index is 12.7. The van der Waals surface area contributed by atoms with E-state index in [4.69, 9.17) is 0 Å². The van der Waals surface area contributed by atoms with Gasteiger partial charge in [-0.05, 0) is 66.2 Å². The first-order valence-electron chi connectivity index (χ1n) is 9.32. The van der Waals surface area contributed by atoms with Gasteiger partial charge in [0.1, 0.15) is 5.03 Å². The summed E-state index contributed by atoms with van der Waals surface area (Å²) in [5.74, 6) is -3.18. The lowest BCUT2D eigenvalue weighted by Crippen LogP contribution is -2.24. The van der Waals surface area contributed by atoms with Crippen molar-refractivity contribution in [1.29, 1.82) is 0 Å². The van der Waals surface area contributed by atoms with E-state index in [1.54, 1.807) is 30.3 Å². The molecule has 31 heavy (non-hydrogen) atoms. The van der Waals surface area contributed by atoms with Gasteiger partial charge in [0.25, 0.3) is 11.7 Å². The Kier molecular flexibility index (Phi) is 7.55. The lowest BCUT2D eigenvalue weighted by molar-refractivity contribution is 0.0947. The Labute approximate surface area is 182 Å². The summed E-state index contributed by atoms with van der Waals surface area (Å²) < 4.78 is 25.3. The van der Waals surface area contributed by atoms with Crippen LogP contribution < -0.4 is 16.0 Å². The number of aromatic nitrogens is 1. The number of rotatable bonds is 7. The minimum atomic E-state index is -2.67. The van der Waals surface area contributed by atoms with Gasteiger partial charge in [0.05, 0.1) is 5.56 Å². The molecule has 9 heteroatoms. The van der Waals surface area contributed by atoms with Gasteiger partial charge in [-0.15, -0.1) is 0 Å². The summed E-state index contributed by atoms with van der Waals surface area (Å²) in [7, 11) is 0. The van der Waals surface area contributed by atoms with Gasteiger partial charge in [0, 0.05) is 24.1 Å². The minimum absolute atomic E-state index is 0.0294. The molecule has 3 amide bonds. The molecule has 3 aromatic rings. The Balaban J connectivity index is 1.59. The summed E-state index contributed by atoms with van der Waals surface area (Å²) in [5.41, 5.74) is 3.06. The quantitative estimate of drug-likeness (QED) is 0.435. The molecule has 3 rings (SSSR count). The molecule has 0 aliphatic rings. The van der Waals surface area contributed by atoms with Crippen molar-refractivity contribution < 1.29 is 18.4 Å². The lowest BCUT2D eigenvalue weighted by Gasteiger charge is -2.11. The van der Waals surface area contributed by atoms with Crippen molar-refractivity contribution >= 4 is 35.1 Å². The van der Waals surface area contributed by atoms with Gasteiger partial charge in [0.2, 0.25) is 0 Å². The molecule has 0 aliphatic heterocycles. The third-order valence-electron chi connectivity index (χ3n) is 4.13. The zero-order valence-corrected chi connectivity index (χ0v) is 17.4. The van der Waals surface area contributed by atoms with Crippen LogP contribution >= 0.6 is 11.8 Å². The van der Waals surface area contributed by atoms with Crippen LogP contribution in [0.3, 0.4) is 0 Å². The Morgan fingerprint density at radius 3 is 2.42 bits per heavy atom. The molecule has 0 unspecified atom stereocenters. The number of thioether (sulfide) groups is 1. The average molecular weight is 442 g/mol. The molecule has 0 bridgehead atoms. The predicted octanol–water partition coefficient (Wildman–Crippen LogP) is 5.28. The lowest BCUT2D eigenvalue weighted by atomic mass is 10.2. The minimum Gasteiger partial charge on any atom is -0.348 e. The standard InChI is InChI=1S/C22H20F2N4O2S/c1-14-5-2-7-16(11-14)27-22(30)28-17-8-3-6-15(12-17)13-26-19(29)18-9-4-10-25-20(18)31-21(23)24/h2-12,21H,13H2,1H3,(H,26,29)(H2,27,28,30). The number of benzene rings is 2. The summed E-state index contributed by atoms with van der Waals surface area (Å²) in [5, 5.41) is 8.16. The number of amides is 3. The molecule has 160 valence electrons. The number of aryl methyl sites for hydroxylation is 1. The van der Waals surface area contributed by atoms with Crippen LogP contribution in [-0.2, 0) is 6.54 Å². The fourth-order valence-electron chi connectivity index (χ4n) is 2.79. The fourth-order valence-corrected chi connectivity index (χ4v) is 3.37. The largest absolute Gasteiger partial charge is 0.348 e. The Morgan fingerprint density at radius 1 is 1.00 bits per heavy atom. The Morgan fingerprint density at radius 2 is 1.71 bits per heavy atom. The van der Waals surface area contributed by atoms with Crippen molar-refractivity contribution in [1.82, 2.24) is 10.3 Å². The van der Waals surface area contributed by atoms with E-state index in [9.17, 15) is 18.4 Å². The Bertz CT molecular complexity index is 1080. The first kappa shape index (κ1) is 22.2. The number of pyridine rings is 1. The van der Waals surface area contributed by atoms with E-state index in [2.05, 4.69) is 20.9 Å². The maximum Gasteiger partial charge on any atom is 0.323 e. The molecule has 1 aromatic heterocycles. The van der Waals surface area contributed by atoms with Crippen LogP contribution in [0.2, 0.25) is 0 Å². The van der Waals surface area contributed by atoms with Crippen LogP contribution in [0.4, 0.5) is 25.0 Å². The second kappa shape index (κ2) is 10.5. The van der Waals surface area contributed by atoms with Crippen molar-refractivity contribution in [3.8, 4) is 0 Å². The summed E-state index contributed by atoms with van der Waals surface area (Å²) >= 11 is 0.226. The number of nitrogens with one attached hydrogen (secondary N) is 3. The zero-order chi connectivity index (χ0) is 22.2. The summed E-state index contributed by atoms with van der Waals surface area (Å²) in [4.78, 5) is 28.5. The molecule has 0 saturated heterocycles. The molecule has 0 fully saturated rings.